The van der Waals surface area contributed by atoms with Crippen molar-refractivity contribution in [2.45, 2.75) is 130 Å². The molecule has 0 atom stereocenters. The van der Waals surface area contributed by atoms with E-state index in [1.165, 1.54) is 113 Å². The normalized spacial score (nSPS) is 15.6. The Hall–Kier alpha value is -1.70. The van der Waals surface area contributed by atoms with E-state index in [1.807, 2.05) is 12.4 Å². The third-order valence-electron chi connectivity index (χ3n) is 7.95. The van der Waals surface area contributed by atoms with Gasteiger partial charge in [0, 0.05) is 24.4 Å². The summed E-state index contributed by atoms with van der Waals surface area (Å²) < 4.78 is 0. The van der Waals surface area contributed by atoms with Gasteiger partial charge in [-0.25, -0.2) is 9.97 Å². The molecule has 0 spiro atoms. The van der Waals surface area contributed by atoms with Gasteiger partial charge in [-0.15, -0.1) is 0 Å². The standard InChI is InChI=1S/C31H48N2/c1-4-6-7-8-9-10-12-19-31(20-13-11-14-21-31)22-18-27-16-17-29(26(3)23-27)28-24-32-30(15-5-2)33-25-28/h16-17,23-25H,4-15,18-22H2,1-3H3. The minimum atomic E-state index is 0.608. The van der Waals surface area contributed by atoms with Crippen molar-refractivity contribution < 1.29 is 0 Å². The van der Waals surface area contributed by atoms with E-state index in [1.54, 1.807) is 0 Å². The van der Waals surface area contributed by atoms with Crippen LogP contribution in [0.15, 0.2) is 30.6 Å². The summed E-state index contributed by atoms with van der Waals surface area (Å²) in [4.78, 5) is 9.12. The molecule has 1 aliphatic carbocycles. The Kier molecular flexibility index (Phi) is 10.9. The highest BCUT2D eigenvalue weighted by molar-refractivity contribution is 5.66. The molecule has 0 N–H and O–H groups in total. The summed E-state index contributed by atoms with van der Waals surface area (Å²) in [7, 11) is 0. The van der Waals surface area contributed by atoms with Gasteiger partial charge in [-0.3, -0.25) is 0 Å². The summed E-state index contributed by atoms with van der Waals surface area (Å²) in [5, 5.41) is 0. The lowest BCUT2D eigenvalue weighted by molar-refractivity contribution is 0.152. The van der Waals surface area contributed by atoms with Crippen molar-refractivity contribution >= 4 is 0 Å². The molecule has 1 heterocycles. The van der Waals surface area contributed by atoms with Gasteiger partial charge in [0.2, 0.25) is 0 Å². The molecule has 2 aromatic rings. The van der Waals surface area contributed by atoms with E-state index in [2.05, 4.69) is 48.9 Å². The SMILES string of the molecule is CCCCCCCCCC1(CCc2ccc(-c3cnc(CCC)nc3)c(C)c2)CCCCC1. The molecule has 0 radical (unpaired) electrons. The van der Waals surface area contributed by atoms with E-state index >= 15 is 0 Å². The molecule has 0 amide bonds. The molecule has 1 aromatic carbocycles. The molecule has 1 aliphatic rings. The van der Waals surface area contributed by atoms with E-state index in [0.717, 1.165) is 24.2 Å². The molecule has 3 rings (SSSR count). The number of aryl methyl sites for hydroxylation is 3. The largest absolute Gasteiger partial charge is 0.241 e. The van der Waals surface area contributed by atoms with Crippen LogP contribution < -0.4 is 0 Å². The van der Waals surface area contributed by atoms with Gasteiger partial charge in [0.15, 0.2) is 0 Å². The third-order valence-corrected chi connectivity index (χ3v) is 7.95. The van der Waals surface area contributed by atoms with Gasteiger partial charge in [-0.1, -0.05) is 96.3 Å². The number of benzene rings is 1. The van der Waals surface area contributed by atoms with Gasteiger partial charge in [0.1, 0.15) is 5.82 Å². The second-order valence-corrected chi connectivity index (χ2v) is 10.7. The lowest BCUT2D eigenvalue weighted by Crippen LogP contribution is -2.25. The predicted octanol–water partition coefficient (Wildman–Crippen LogP) is 9.43. The van der Waals surface area contributed by atoms with Crippen LogP contribution in [-0.4, -0.2) is 9.97 Å². The molecule has 0 unspecified atom stereocenters. The quantitative estimate of drug-likeness (QED) is 0.269. The molecule has 0 aliphatic heterocycles. The molecule has 1 saturated carbocycles. The Labute approximate surface area is 204 Å². The molecule has 2 heteroatoms. The van der Waals surface area contributed by atoms with Crippen LogP contribution in [0.5, 0.6) is 0 Å². The van der Waals surface area contributed by atoms with E-state index in [0.29, 0.717) is 5.41 Å². The van der Waals surface area contributed by atoms with Crippen molar-refractivity contribution in [3.8, 4) is 11.1 Å². The monoisotopic (exact) mass is 448 g/mol. The molecule has 0 saturated heterocycles. The number of aromatic nitrogens is 2. The van der Waals surface area contributed by atoms with Crippen molar-refractivity contribution in [2.24, 2.45) is 5.41 Å². The molecule has 2 nitrogen and oxygen atoms in total. The van der Waals surface area contributed by atoms with E-state index in [-0.39, 0.29) is 0 Å². The fourth-order valence-electron chi connectivity index (χ4n) is 5.85. The highest BCUT2D eigenvalue weighted by atomic mass is 14.9. The highest BCUT2D eigenvalue weighted by Gasteiger charge is 2.31. The summed E-state index contributed by atoms with van der Waals surface area (Å²) in [6, 6.07) is 7.07. The number of hydrogen-bond acceptors (Lipinski definition) is 2. The van der Waals surface area contributed by atoms with Crippen LogP contribution in [0.3, 0.4) is 0 Å². The molecule has 0 bridgehead atoms. The first kappa shape index (κ1) is 25.9. The maximum absolute atomic E-state index is 4.56. The number of hydrogen-bond donors (Lipinski definition) is 0. The molecule has 182 valence electrons. The number of unbranched alkanes of at least 4 members (excludes halogenated alkanes) is 6. The fraction of sp³-hybridized carbons (Fsp3) is 0.677. The fourth-order valence-corrected chi connectivity index (χ4v) is 5.85. The smallest absolute Gasteiger partial charge is 0.128 e. The predicted molar refractivity (Wildman–Crippen MR) is 143 cm³/mol. The van der Waals surface area contributed by atoms with Crippen LogP contribution in [0.2, 0.25) is 0 Å². The van der Waals surface area contributed by atoms with Gasteiger partial charge >= 0.3 is 0 Å². The topological polar surface area (TPSA) is 25.8 Å². The third kappa shape index (κ3) is 8.23. The second-order valence-electron chi connectivity index (χ2n) is 10.7. The Bertz CT molecular complexity index is 802. The summed E-state index contributed by atoms with van der Waals surface area (Å²) in [6.45, 7) is 6.72. The lowest BCUT2D eigenvalue weighted by Gasteiger charge is -2.38. The summed E-state index contributed by atoms with van der Waals surface area (Å²) in [5.41, 5.74) is 5.88. The average Bonchev–Trinajstić information content (AvgIpc) is 2.84. The lowest BCUT2D eigenvalue weighted by atomic mass is 9.68. The summed E-state index contributed by atoms with van der Waals surface area (Å²) in [6.07, 6.45) is 27.3. The van der Waals surface area contributed by atoms with E-state index < -0.39 is 0 Å². The van der Waals surface area contributed by atoms with Crippen LogP contribution in [0, 0.1) is 12.3 Å². The van der Waals surface area contributed by atoms with Crippen molar-refractivity contribution in [3.63, 3.8) is 0 Å². The van der Waals surface area contributed by atoms with Crippen LogP contribution in [-0.2, 0) is 12.8 Å². The molecular weight excluding hydrogens is 400 g/mol. The number of nitrogens with zero attached hydrogens (tertiary/aromatic N) is 2. The summed E-state index contributed by atoms with van der Waals surface area (Å²) >= 11 is 0. The summed E-state index contributed by atoms with van der Waals surface area (Å²) in [5.74, 6) is 0.953. The van der Waals surface area contributed by atoms with Crippen LogP contribution in [0.1, 0.15) is 127 Å². The Morgan fingerprint density at radius 3 is 2.12 bits per heavy atom. The first-order chi connectivity index (χ1) is 16.2. The number of rotatable bonds is 14. The Morgan fingerprint density at radius 1 is 0.758 bits per heavy atom. The van der Waals surface area contributed by atoms with Crippen LogP contribution in [0.25, 0.3) is 11.1 Å². The van der Waals surface area contributed by atoms with Crippen LogP contribution in [0.4, 0.5) is 0 Å². The average molecular weight is 449 g/mol. The maximum Gasteiger partial charge on any atom is 0.128 e. The van der Waals surface area contributed by atoms with Gasteiger partial charge in [0.25, 0.3) is 0 Å². The Morgan fingerprint density at radius 2 is 1.45 bits per heavy atom. The van der Waals surface area contributed by atoms with Crippen molar-refractivity contribution in [1.29, 1.82) is 0 Å². The highest BCUT2D eigenvalue weighted by Crippen LogP contribution is 2.44. The second kappa shape index (κ2) is 13.9. The van der Waals surface area contributed by atoms with Crippen molar-refractivity contribution in [2.75, 3.05) is 0 Å². The first-order valence-electron chi connectivity index (χ1n) is 14.1. The minimum absolute atomic E-state index is 0.608. The minimum Gasteiger partial charge on any atom is -0.241 e. The Balaban J connectivity index is 1.55. The van der Waals surface area contributed by atoms with Gasteiger partial charge in [-0.2, -0.15) is 0 Å². The first-order valence-corrected chi connectivity index (χ1v) is 14.1. The zero-order chi connectivity index (χ0) is 23.4. The van der Waals surface area contributed by atoms with Gasteiger partial charge in [-0.05, 0) is 67.6 Å². The van der Waals surface area contributed by atoms with E-state index in [4.69, 9.17) is 0 Å². The molecule has 33 heavy (non-hydrogen) atoms. The zero-order valence-corrected chi connectivity index (χ0v) is 21.8. The van der Waals surface area contributed by atoms with Crippen molar-refractivity contribution in [1.82, 2.24) is 9.97 Å². The van der Waals surface area contributed by atoms with E-state index in [9.17, 15) is 0 Å². The van der Waals surface area contributed by atoms with Gasteiger partial charge < -0.3 is 0 Å². The zero-order valence-electron chi connectivity index (χ0n) is 21.8. The molecule has 1 fully saturated rings. The maximum atomic E-state index is 4.56. The van der Waals surface area contributed by atoms with Gasteiger partial charge in [0.05, 0.1) is 0 Å². The van der Waals surface area contributed by atoms with Crippen molar-refractivity contribution in [3.05, 3.63) is 47.5 Å². The van der Waals surface area contributed by atoms with Crippen LogP contribution >= 0.6 is 0 Å². The molecular formula is C31H48N2. The molecule has 1 aromatic heterocycles.